The molecule has 0 spiro atoms. The molecule has 2 fully saturated rings. The van der Waals surface area contributed by atoms with Crippen LogP contribution in [0.3, 0.4) is 0 Å². The van der Waals surface area contributed by atoms with Gasteiger partial charge in [0.05, 0.1) is 12.6 Å². The van der Waals surface area contributed by atoms with Crippen molar-refractivity contribution in [1.82, 2.24) is 10.2 Å². The van der Waals surface area contributed by atoms with Gasteiger partial charge in [-0.1, -0.05) is 30.2 Å². The molecule has 4 nitrogen and oxygen atoms in total. The normalized spacial score (nSPS) is 22.7. The Balaban J connectivity index is 0.00000208. The van der Waals surface area contributed by atoms with E-state index in [1.807, 2.05) is 12.1 Å². The number of guanidine groups is 1. The predicted molar refractivity (Wildman–Crippen MR) is 111 cm³/mol. The van der Waals surface area contributed by atoms with Crippen molar-refractivity contribution in [3.05, 3.63) is 34.9 Å². The maximum Gasteiger partial charge on any atom is 0.194 e. The fraction of sp³-hybridized carbons (Fsp3) is 0.611. The van der Waals surface area contributed by atoms with Gasteiger partial charge in [0.25, 0.3) is 0 Å². The van der Waals surface area contributed by atoms with Crippen LogP contribution in [0, 0.1) is 0 Å². The van der Waals surface area contributed by atoms with Gasteiger partial charge in [-0.05, 0) is 43.9 Å². The number of nitrogens with zero attached hydrogens (tertiary/aromatic N) is 2. The van der Waals surface area contributed by atoms with E-state index in [1.165, 1.54) is 24.8 Å². The third-order valence-electron chi connectivity index (χ3n) is 5.10. The van der Waals surface area contributed by atoms with Crippen LogP contribution in [-0.4, -0.2) is 48.2 Å². The van der Waals surface area contributed by atoms with E-state index in [2.05, 4.69) is 29.3 Å². The Bertz CT molecular complexity index is 560. The number of aliphatic imine (C=N–C) groups is 1. The zero-order valence-corrected chi connectivity index (χ0v) is 17.3. The van der Waals surface area contributed by atoms with Crippen LogP contribution in [0.4, 0.5) is 0 Å². The van der Waals surface area contributed by atoms with Gasteiger partial charge in [0, 0.05) is 30.1 Å². The maximum absolute atomic E-state index is 9.77. The summed E-state index contributed by atoms with van der Waals surface area (Å²) in [6.07, 6.45) is 4.22. The van der Waals surface area contributed by atoms with E-state index in [4.69, 9.17) is 16.6 Å². The van der Waals surface area contributed by atoms with Gasteiger partial charge >= 0.3 is 0 Å². The summed E-state index contributed by atoms with van der Waals surface area (Å²) in [5, 5.41) is 13.9. The zero-order chi connectivity index (χ0) is 16.3. The predicted octanol–water partition coefficient (Wildman–Crippen LogP) is 3.41. The first kappa shape index (κ1) is 19.8. The number of hydrogen-bond donors (Lipinski definition) is 2. The van der Waals surface area contributed by atoms with Gasteiger partial charge in [-0.15, -0.1) is 24.0 Å². The summed E-state index contributed by atoms with van der Waals surface area (Å²) >= 11 is 6.02. The van der Waals surface area contributed by atoms with E-state index < -0.39 is 0 Å². The highest BCUT2D eigenvalue weighted by Gasteiger charge is 2.38. The molecule has 0 amide bonds. The van der Waals surface area contributed by atoms with Crippen LogP contribution in [0.5, 0.6) is 0 Å². The van der Waals surface area contributed by atoms with Crippen LogP contribution < -0.4 is 5.32 Å². The van der Waals surface area contributed by atoms with Gasteiger partial charge in [-0.25, -0.2) is 0 Å². The molecule has 0 bridgehead atoms. The molecular formula is C18H27ClIN3O. The van der Waals surface area contributed by atoms with E-state index in [-0.39, 0.29) is 35.5 Å². The molecule has 0 unspecified atom stereocenters. The van der Waals surface area contributed by atoms with Crippen LogP contribution in [0.1, 0.15) is 38.2 Å². The molecule has 6 heteroatoms. The maximum atomic E-state index is 9.77. The van der Waals surface area contributed by atoms with E-state index in [1.54, 1.807) is 0 Å². The number of hydrogen-bond acceptors (Lipinski definition) is 2. The van der Waals surface area contributed by atoms with Gasteiger partial charge in [-0.3, -0.25) is 4.99 Å². The molecule has 1 saturated heterocycles. The van der Waals surface area contributed by atoms with Gasteiger partial charge < -0.3 is 15.3 Å². The number of nitrogens with one attached hydrogen (secondary N) is 1. The van der Waals surface area contributed by atoms with Crippen LogP contribution >= 0.6 is 35.6 Å². The summed E-state index contributed by atoms with van der Waals surface area (Å²) in [5.74, 6) is 0.935. The summed E-state index contributed by atoms with van der Waals surface area (Å²) in [6, 6.07) is 8.23. The molecular weight excluding hydrogens is 437 g/mol. The topological polar surface area (TPSA) is 47.9 Å². The lowest BCUT2D eigenvalue weighted by Gasteiger charge is -2.41. The minimum atomic E-state index is -0.229. The lowest BCUT2D eigenvalue weighted by Crippen LogP contribution is -2.43. The minimum absolute atomic E-state index is 0. The van der Waals surface area contributed by atoms with Gasteiger partial charge in [0.1, 0.15) is 0 Å². The first-order valence-electron chi connectivity index (χ1n) is 8.60. The number of β-amino-alcohol motifs (C(OH)–C–C–N with tert-alkyl or cyclic N) is 1. The highest BCUT2D eigenvalue weighted by Crippen LogP contribution is 2.44. The summed E-state index contributed by atoms with van der Waals surface area (Å²) < 4.78 is 0. The summed E-state index contributed by atoms with van der Waals surface area (Å²) in [7, 11) is 0. The lowest BCUT2D eigenvalue weighted by molar-refractivity contribution is 0.187. The van der Waals surface area contributed by atoms with Crippen LogP contribution in [-0.2, 0) is 5.41 Å². The number of likely N-dealkylation sites (tertiary alicyclic amines) is 1. The average Bonchev–Trinajstić information content (AvgIpc) is 2.93. The monoisotopic (exact) mass is 463 g/mol. The third-order valence-corrected chi connectivity index (χ3v) is 5.35. The highest BCUT2D eigenvalue weighted by atomic mass is 127. The molecule has 0 radical (unpaired) electrons. The van der Waals surface area contributed by atoms with Crippen LogP contribution in [0.2, 0.25) is 5.02 Å². The second-order valence-corrected chi connectivity index (χ2v) is 7.14. The van der Waals surface area contributed by atoms with Crippen molar-refractivity contribution < 1.29 is 5.11 Å². The Hall–Kier alpha value is -0.530. The first-order chi connectivity index (χ1) is 11.1. The van der Waals surface area contributed by atoms with Crippen LogP contribution in [0.15, 0.2) is 29.3 Å². The van der Waals surface area contributed by atoms with Crippen molar-refractivity contribution in [2.24, 2.45) is 4.99 Å². The second kappa shape index (κ2) is 8.72. The van der Waals surface area contributed by atoms with Crippen molar-refractivity contribution in [3.63, 3.8) is 0 Å². The molecule has 1 aliphatic heterocycles. The smallest absolute Gasteiger partial charge is 0.194 e. The fourth-order valence-electron chi connectivity index (χ4n) is 3.53. The Labute approximate surface area is 166 Å². The number of benzene rings is 1. The van der Waals surface area contributed by atoms with E-state index in [0.717, 1.165) is 37.0 Å². The Kier molecular flexibility index (Phi) is 7.19. The molecule has 1 heterocycles. The van der Waals surface area contributed by atoms with E-state index >= 15 is 0 Å². The third kappa shape index (κ3) is 4.35. The molecule has 2 N–H and O–H groups in total. The van der Waals surface area contributed by atoms with Gasteiger partial charge in [-0.2, -0.15) is 0 Å². The number of aliphatic hydroxyl groups excluding tert-OH is 1. The standard InChI is InChI=1S/C18H26ClN3O.HI/c1-2-20-17(22-11-8-16(23)12-22)21-13-18(9-3-10-18)14-4-6-15(19)7-5-14;/h4-7,16,23H,2-3,8-13H2,1H3,(H,20,21);1H/t16-;/m1./s1. The molecule has 134 valence electrons. The molecule has 1 aliphatic carbocycles. The van der Waals surface area contributed by atoms with Crippen molar-refractivity contribution in [2.45, 2.75) is 44.1 Å². The fourth-order valence-corrected chi connectivity index (χ4v) is 3.66. The highest BCUT2D eigenvalue weighted by molar-refractivity contribution is 14.0. The number of aliphatic hydroxyl groups is 1. The van der Waals surface area contributed by atoms with Gasteiger partial charge in [0.2, 0.25) is 0 Å². The van der Waals surface area contributed by atoms with E-state index in [9.17, 15) is 5.11 Å². The molecule has 1 aromatic carbocycles. The molecule has 24 heavy (non-hydrogen) atoms. The Morgan fingerprint density at radius 2 is 2.08 bits per heavy atom. The first-order valence-corrected chi connectivity index (χ1v) is 8.98. The molecule has 1 atom stereocenters. The average molecular weight is 464 g/mol. The zero-order valence-electron chi connectivity index (χ0n) is 14.2. The van der Waals surface area contributed by atoms with Crippen molar-refractivity contribution in [1.29, 1.82) is 0 Å². The second-order valence-electron chi connectivity index (χ2n) is 6.70. The molecule has 2 aliphatic rings. The minimum Gasteiger partial charge on any atom is -0.391 e. The quantitative estimate of drug-likeness (QED) is 0.409. The van der Waals surface area contributed by atoms with Crippen molar-refractivity contribution in [3.8, 4) is 0 Å². The molecule has 1 saturated carbocycles. The SMILES string of the molecule is CCNC(=NCC1(c2ccc(Cl)cc2)CCC1)N1CC[C@@H](O)C1.I. The Morgan fingerprint density at radius 3 is 2.58 bits per heavy atom. The van der Waals surface area contributed by atoms with Crippen molar-refractivity contribution >= 4 is 41.5 Å². The largest absolute Gasteiger partial charge is 0.391 e. The summed E-state index contributed by atoms with van der Waals surface area (Å²) in [5.41, 5.74) is 1.50. The number of rotatable bonds is 4. The van der Waals surface area contributed by atoms with E-state index in [0.29, 0.717) is 6.54 Å². The summed E-state index contributed by atoms with van der Waals surface area (Å²) in [6.45, 7) is 5.28. The lowest BCUT2D eigenvalue weighted by atomic mass is 9.64. The molecule has 3 rings (SSSR count). The molecule has 0 aromatic heterocycles. The van der Waals surface area contributed by atoms with Gasteiger partial charge in [0.15, 0.2) is 5.96 Å². The Morgan fingerprint density at radius 1 is 1.38 bits per heavy atom. The number of halogens is 2. The molecule has 1 aromatic rings. The van der Waals surface area contributed by atoms with Crippen molar-refractivity contribution in [2.75, 3.05) is 26.2 Å². The summed E-state index contributed by atoms with van der Waals surface area (Å²) in [4.78, 5) is 7.08. The van der Waals surface area contributed by atoms with Crippen LogP contribution in [0.25, 0.3) is 0 Å².